The number of thioether (sulfide) groups is 1. The number of benzene rings is 2. The molecule has 0 fully saturated rings. The summed E-state index contributed by atoms with van der Waals surface area (Å²) in [6.07, 6.45) is 0.632. The Morgan fingerprint density at radius 1 is 1.06 bits per heavy atom. The van der Waals surface area contributed by atoms with Crippen LogP contribution >= 0.6 is 24.1 Å². The Hall–Kier alpha value is -3.44. The zero-order chi connectivity index (χ0) is 23.1. The van der Waals surface area contributed by atoms with Gasteiger partial charge in [0.05, 0.1) is 11.1 Å². The highest BCUT2D eigenvalue weighted by Crippen LogP contribution is 2.22. The minimum absolute atomic E-state index is 0.0251. The summed E-state index contributed by atoms with van der Waals surface area (Å²) in [7, 11) is 0. The summed E-state index contributed by atoms with van der Waals surface area (Å²) < 4.78 is 9.86. The van der Waals surface area contributed by atoms with E-state index in [-0.39, 0.29) is 17.3 Å². The van der Waals surface area contributed by atoms with Gasteiger partial charge in [0.1, 0.15) is 10.7 Å². The average Bonchev–Trinajstić information content (AvgIpc) is 2.76. The third-order valence-corrected chi connectivity index (χ3v) is 5.83. The quantitative estimate of drug-likeness (QED) is 0.329. The van der Waals surface area contributed by atoms with Crippen LogP contribution in [0.3, 0.4) is 0 Å². The molecule has 2 aromatic carbocycles. The third-order valence-electron chi connectivity index (χ3n) is 4.30. The van der Waals surface area contributed by atoms with E-state index in [4.69, 9.17) is 19.8 Å². The largest absolute Gasteiger partial charge is 0.382 e. The number of nitrogens with zero attached hydrogens (tertiary/aromatic N) is 1. The second kappa shape index (κ2) is 10.7. The predicted octanol–water partition coefficient (Wildman–Crippen LogP) is 3.15. The Labute approximate surface area is 192 Å². The topological polar surface area (TPSA) is 150 Å². The van der Waals surface area contributed by atoms with Crippen LogP contribution in [0.2, 0.25) is 0 Å². The van der Waals surface area contributed by atoms with E-state index in [0.29, 0.717) is 46.1 Å². The molecule has 32 heavy (non-hydrogen) atoms. The summed E-state index contributed by atoms with van der Waals surface area (Å²) in [5, 5.41) is 0. The molecule has 0 unspecified atom stereocenters. The van der Waals surface area contributed by atoms with Gasteiger partial charge in [-0.05, 0) is 42.7 Å². The number of nitrogens with one attached hydrogen (secondary N) is 1. The lowest BCUT2D eigenvalue weighted by Gasteiger charge is -2.08. The Bertz CT molecular complexity index is 1180. The molecule has 11 heteroatoms. The van der Waals surface area contributed by atoms with Crippen molar-refractivity contribution < 1.29 is 18.0 Å². The predicted molar refractivity (Wildman–Crippen MR) is 124 cm³/mol. The molecule has 0 radical (unpaired) electrons. The van der Waals surface area contributed by atoms with Gasteiger partial charge in [0.15, 0.2) is 0 Å². The molecule has 0 saturated carbocycles. The first-order chi connectivity index (χ1) is 15.3. The molecule has 0 aliphatic rings. The highest BCUT2D eigenvalue weighted by atomic mass is 32.2. The lowest BCUT2D eigenvalue weighted by Crippen LogP contribution is -2.16. The smallest absolute Gasteiger partial charge is 0.352 e. The number of carbonyl (C=O) groups excluding carboxylic acids is 2. The van der Waals surface area contributed by atoms with E-state index < -0.39 is 11.9 Å². The summed E-state index contributed by atoms with van der Waals surface area (Å²) in [6.45, 7) is 1.78. The molecule has 3 rings (SSSR count). The normalized spacial score (nSPS) is 10.5. The summed E-state index contributed by atoms with van der Waals surface area (Å²) in [5.74, 6) is -0.586. The van der Waals surface area contributed by atoms with Gasteiger partial charge in [0, 0.05) is 5.75 Å². The SMILES string of the molecule is Cc1cc(CCSc2c(N)nc(N)[nH]c2=O)ccc1C(=O)OSOC(=O)c1ccccc1. The number of carbonyl (C=O) groups is 2. The van der Waals surface area contributed by atoms with E-state index in [1.54, 1.807) is 49.4 Å². The van der Waals surface area contributed by atoms with E-state index in [0.717, 1.165) is 5.56 Å². The van der Waals surface area contributed by atoms with Crippen LogP contribution in [0, 0.1) is 6.92 Å². The highest BCUT2D eigenvalue weighted by Gasteiger charge is 2.15. The van der Waals surface area contributed by atoms with Crippen molar-refractivity contribution in [2.75, 3.05) is 17.2 Å². The zero-order valence-corrected chi connectivity index (χ0v) is 18.6. The van der Waals surface area contributed by atoms with Crippen LogP contribution in [0.25, 0.3) is 0 Å². The molecule has 0 bridgehead atoms. The number of nitrogen functional groups attached to an aromatic ring is 2. The van der Waals surface area contributed by atoms with Crippen LogP contribution in [0.5, 0.6) is 0 Å². The van der Waals surface area contributed by atoms with Crippen LogP contribution in [0.1, 0.15) is 31.8 Å². The Kier molecular flexibility index (Phi) is 7.79. The molecule has 1 aromatic heterocycles. The van der Waals surface area contributed by atoms with Crippen molar-refractivity contribution in [2.24, 2.45) is 0 Å². The van der Waals surface area contributed by atoms with Crippen molar-refractivity contribution in [1.29, 1.82) is 0 Å². The molecule has 5 N–H and O–H groups in total. The zero-order valence-electron chi connectivity index (χ0n) is 17.0. The number of hydrogen-bond donors (Lipinski definition) is 3. The Balaban J connectivity index is 1.51. The van der Waals surface area contributed by atoms with Crippen molar-refractivity contribution in [2.45, 2.75) is 18.2 Å². The lowest BCUT2D eigenvalue weighted by atomic mass is 10.0. The number of aromatic amines is 1. The van der Waals surface area contributed by atoms with Crippen LogP contribution < -0.4 is 17.0 Å². The van der Waals surface area contributed by atoms with E-state index in [1.807, 2.05) is 6.07 Å². The van der Waals surface area contributed by atoms with Gasteiger partial charge in [-0.1, -0.05) is 30.3 Å². The molecule has 3 aromatic rings. The molecule has 0 atom stereocenters. The summed E-state index contributed by atoms with van der Waals surface area (Å²) >= 11 is 1.60. The minimum atomic E-state index is -0.624. The van der Waals surface area contributed by atoms with E-state index >= 15 is 0 Å². The third kappa shape index (κ3) is 6.05. The monoisotopic (exact) mass is 472 g/mol. The van der Waals surface area contributed by atoms with Gasteiger partial charge in [0.2, 0.25) is 5.95 Å². The Morgan fingerprint density at radius 2 is 1.78 bits per heavy atom. The van der Waals surface area contributed by atoms with E-state index in [1.165, 1.54) is 11.8 Å². The second-order valence-corrected chi connectivity index (χ2v) is 8.16. The molecule has 0 aliphatic heterocycles. The molecule has 0 saturated heterocycles. The highest BCUT2D eigenvalue weighted by molar-refractivity contribution is 7.99. The van der Waals surface area contributed by atoms with Gasteiger partial charge in [0.25, 0.3) is 17.9 Å². The van der Waals surface area contributed by atoms with Gasteiger partial charge in [-0.2, -0.15) is 4.98 Å². The molecule has 0 amide bonds. The molecule has 1 heterocycles. The fourth-order valence-electron chi connectivity index (χ4n) is 2.76. The van der Waals surface area contributed by atoms with Crippen molar-refractivity contribution >= 4 is 47.8 Å². The van der Waals surface area contributed by atoms with Crippen molar-refractivity contribution in [1.82, 2.24) is 9.97 Å². The molecular formula is C21H20N4O5S2. The second-order valence-electron chi connectivity index (χ2n) is 6.59. The fraction of sp³-hybridized carbons (Fsp3) is 0.143. The van der Waals surface area contributed by atoms with Crippen LogP contribution in [-0.2, 0) is 14.8 Å². The molecular weight excluding hydrogens is 452 g/mol. The number of aromatic nitrogens is 2. The van der Waals surface area contributed by atoms with E-state index in [9.17, 15) is 14.4 Å². The number of nitrogens with two attached hydrogens (primary N) is 2. The summed E-state index contributed by atoms with van der Waals surface area (Å²) in [5.41, 5.74) is 13.2. The van der Waals surface area contributed by atoms with Crippen LogP contribution in [0.15, 0.2) is 58.2 Å². The van der Waals surface area contributed by atoms with Crippen molar-refractivity contribution in [3.05, 3.63) is 81.1 Å². The standard InChI is InChI=1S/C21H20N4O5S2/c1-12-11-13(9-10-31-16-17(22)24-21(23)25-18(16)26)7-8-15(12)20(28)30-32-29-19(27)14-5-3-2-4-6-14/h2-8,11H,9-10H2,1H3,(H5,22,23,24,25,26). The number of hydrogen-bond acceptors (Lipinski definition) is 10. The van der Waals surface area contributed by atoms with Gasteiger partial charge < -0.3 is 19.8 Å². The molecule has 9 nitrogen and oxygen atoms in total. The summed E-state index contributed by atoms with van der Waals surface area (Å²) in [4.78, 5) is 42.7. The molecule has 0 spiro atoms. The van der Waals surface area contributed by atoms with Crippen molar-refractivity contribution in [3.63, 3.8) is 0 Å². The van der Waals surface area contributed by atoms with Gasteiger partial charge in [-0.3, -0.25) is 9.78 Å². The average molecular weight is 473 g/mol. The first-order valence-corrected chi connectivity index (χ1v) is 11.0. The van der Waals surface area contributed by atoms with Gasteiger partial charge >= 0.3 is 11.9 Å². The van der Waals surface area contributed by atoms with Crippen LogP contribution in [-0.4, -0.2) is 27.7 Å². The summed E-state index contributed by atoms with van der Waals surface area (Å²) in [6, 6.07) is 13.7. The number of H-pyrrole nitrogens is 1. The first-order valence-electron chi connectivity index (χ1n) is 9.37. The maximum Gasteiger partial charge on any atom is 0.352 e. The fourth-order valence-corrected chi connectivity index (χ4v) is 4.03. The van der Waals surface area contributed by atoms with Gasteiger partial charge in [-0.25, -0.2) is 9.59 Å². The maximum atomic E-state index is 12.3. The molecule has 166 valence electrons. The van der Waals surface area contributed by atoms with E-state index in [2.05, 4.69) is 9.97 Å². The van der Waals surface area contributed by atoms with Crippen LogP contribution in [0.4, 0.5) is 11.8 Å². The Morgan fingerprint density at radius 3 is 2.47 bits per heavy atom. The number of aryl methyl sites for hydroxylation is 2. The lowest BCUT2D eigenvalue weighted by molar-refractivity contribution is 0.0703. The van der Waals surface area contributed by atoms with Gasteiger partial charge in [-0.15, -0.1) is 11.8 Å². The molecule has 0 aliphatic carbocycles. The number of rotatable bonds is 8. The maximum absolute atomic E-state index is 12.3. The number of anilines is 2. The minimum Gasteiger partial charge on any atom is -0.382 e. The van der Waals surface area contributed by atoms with Crippen molar-refractivity contribution in [3.8, 4) is 0 Å². The first kappa shape index (κ1) is 23.2.